The van der Waals surface area contributed by atoms with Gasteiger partial charge in [0.15, 0.2) is 0 Å². The minimum Gasteiger partial charge on any atom is -0.325 e. The molecule has 0 heterocycles. The van der Waals surface area contributed by atoms with Crippen molar-refractivity contribution in [2.45, 2.75) is 16.7 Å². The fourth-order valence-corrected chi connectivity index (χ4v) is 3.66. The number of halogens is 1. The lowest BCUT2D eigenvalue weighted by Crippen LogP contribution is -2.28. The van der Waals surface area contributed by atoms with Gasteiger partial charge in [0, 0.05) is 22.5 Å². The highest BCUT2D eigenvalue weighted by Gasteiger charge is 2.15. The fourth-order valence-electron chi connectivity index (χ4n) is 1.84. The summed E-state index contributed by atoms with van der Waals surface area (Å²) in [6.45, 7) is 1.12. The van der Waals surface area contributed by atoms with E-state index in [2.05, 4.69) is 5.32 Å². The maximum atomic E-state index is 11.9. The summed E-state index contributed by atoms with van der Waals surface area (Å²) in [5, 5.41) is 3.30. The van der Waals surface area contributed by atoms with Crippen LogP contribution in [0.15, 0.2) is 58.3 Å². The minimum absolute atomic E-state index is 0.0590. The Kier molecular flexibility index (Phi) is 6.46. The summed E-state index contributed by atoms with van der Waals surface area (Å²) in [4.78, 5) is 23.7. The second-order valence-electron chi connectivity index (χ2n) is 4.98. The van der Waals surface area contributed by atoms with E-state index in [9.17, 15) is 18.0 Å². The van der Waals surface area contributed by atoms with Crippen LogP contribution in [0, 0.1) is 0 Å². The van der Waals surface area contributed by atoms with E-state index in [0.29, 0.717) is 10.7 Å². The van der Waals surface area contributed by atoms with Gasteiger partial charge in [-0.05, 0) is 48.5 Å². The highest BCUT2D eigenvalue weighted by molar-refractivity contribution is 8.00. The number of rotatable bonds is 6. The summed E-state index contributed by atoms with van der Waals surface area (Å²) in [7, 11) is -3.88. The van der Waals surface area contributed by atoms with E-state index >= 15 is 0 Å². The molecule has 0 spiro atoms. The monoisotopic (exact) mass is 398 g/mol. The van der Waals surface area contributed by atoms with Crippen LogP contribution in [-0.2, 0) is 19.6 Å². The van der Waals surface area contributed by atoms with Gasteiger partial charge in [0.25, 0.3) is 10.0 Å². The highest BCUT2D eigenvalue weighted by atomic mass is 35.5. The minimum atomic E-state index is -3.88. The number of carbonyl (C=O) groups excluding carboxylic acids is 2. The molecule has 0 unspecified atom stereocenters. The second-order valence-corrected chi connectivity index (χ2v) is 8.14. The molecule has 2 aromatic carbocycles. The Hall–Kier alpha value is -2.03. The molecule has 2 N–H and O–H groups in total. The summed E-state index contributed by atoms with van der Waals surface area (Å²) in [6.07, 6.45) is 0. The number of sulfonamides is 1. The van der Waals surface area contributed by atoms with Crippen LogP contribution >= 0.6 is 23.4 Å². The van der Waals surface area contributed by atoms with E-state index in [0.717, 1.165) is 11.8 Å². The SMILES string of the molecule is CC(=O)NS(=O)(=O)c1ccc(NC(=O)CSc2ccc(Cl)cc2)cc1. The van der Waals surface area contributed by atoms with Gasteiger partial charge in [-0.1, -0.05) is 11.6 Å². The molecule has 0 radical (unpaired) electrons. The van der Waals surface area contributed by atoms with E-state index in [4.69, 9.17) is 11.6 Å². The Labute approximate surface area is 155 Å². The molecule has 132 valence electrons. The molecular formula is C16H15ClN2O4S2. The molecule has 0 saturated heterocycles. The molecule has 0 atom stereocenters. The zero-order chi connectivity index (χ0) is 18.4. The van der Waals surface area contributed by atoms with E-state index in [1.54, 1.807) is 12.1 Å². The smallest absolute Gasteiger partial charge is 0.264 e. The lowest BCUT2D eigenvalue weighted by molar-refractivity contribution is -0.117. The molecule has 0 aliphatic heterocycles. The first-order valence-electron chi connectivity index (χ1n) is 7.08. The lowest BCUT2D eigenvalue weighted by atomic mass is 10.3. The molecule has 2 rings (SSSR count). The number of thioether (sulfide) groups is 1. The average molecular weight is 399 g/mol. The summed E-state index contributed by atoms with van der Waals surface area (Å²) in [5.74, 6) is -0.692. The predicted molar refractivity (Wildman–Crippen MR) is 98.3 cm³/mol. The lowest BCUT2D eigenvalue weighted by Gasteiger charge is -2.08. The largest absolute Gasteiger partial charge is 0.325 e. The molecule has 25 heavy (non-hydrogen) atoms. The van der Waals surface area contributed by atoms with Gasteiger partial charge >= 0.3 is 0 Å². The third-order valence-electron chi connectivity index (χ3n) is 2.91. The molecule has 9 heteroatoms. The van der Waals surface area contributed by atoms with Gasteiger partial charge in [-0.3, -0.25) is 9.59 Å². The van der Waals surface area contributed by atoms with Crippen molar-refractivity contribution in [3.05, 3.63) is 53.6 Å². The Morgan fingerprint density at radius 1 is 1.04 bits per heavy atom. The molecule has 0 fully saturated rings. The van der Waals surface area contributed by atoms with E-state index < -0.39 is 15.9 Å². The van der Waals surface area contributed by atoms with E-state index in [1.165, 1.54) is 36.0 Å². The van der Waals surface area contributed by atoms with Gasteiger partial charge in [0.2, 0.25) is 11.8 Å². The summed E-state index contributed by atoms with van der Waals surface area (Å²) < 4.78 is 25.5. The quantitative estimate of drug-likeness (QED) is 0.730. The first kappa shape index (κ1) is 19.3. The number of anilines is 1. The number of nitrogens with one attached hydrogen (secondary N) is 2. The van der Waals surface area contributed by atoms with Crippen LogP contribution in [0.2, 0.25) is 5.02 Å². The highest BCUT2D eigenvalue weighted by Crippen LogP contribution is 2.21. The Bertz CT molecular complexity index is 866. The summed E-state index contributed by atoms with van der Waals surface area (Å²) in [5.41, 5.74) is 0.462. The van der Waals surface area contributed by atoms with Crippen molar-refractivity contribution < 1.29 is 18.0 Å². The molecular weight excluding hydrogens is 384 g/mol. The summed E-state index contributed by atoms with van der Waals surface area (Å²) >= 11 is 7.16. The predicted octanol–water partition coefficient (Wildman–Crippen LogP) is 2.90. The molecule has 0 bridgehead atoms. The van der Waals surface area contributed by atoms with Crippen LogP contribution < -0.4 is 10.0 Å². The molecule has 0 aliphatic carbocycles. The van der Waals surface area contributed by atoms with Crippen LogP contribution in [0.5, 0.6) is 0 Å². The average Bonchev–Trinajstić information content (AvgIpc) is 2.54. The van der Waals surface area contributed by atoms with E-state index in [-0.39, 0.29) is 16.6 Å². The molecule has 6 nitrogen and oxygen atoms in total. The van der Waals surface area contributed by atoms with Crippen LogP contribution in [0.4, 0.5) is 5.69 Å². The zero-order valence-corrected chi connectivity index (χ0v) is 15.5. The van der Waals surface area contributed by atoms with E-state index in [1.807, 2.05) is 16.9 Å². The number of hydrogen-bond donors (Lipinski definition) is 2. The van der Waals surface area contributed by atoms with Crippen molar-refractivity contribution in [3.8, 4) is 0 Å². The van der Waals surface area contributed by atoms with Crippen molar-refractivity contribution >= 4 is 50.9 Å². The maximum absolute atomic E-state index is 11.9. The van der Waals surface area contributed by atoms with Crippen LogP contribution in [0.25, 0.3) is 0 Å². The van der Waals surface area contributed by atoms with Gasteiger partial charge in [-0.15, -0.1) is 11.8 Å². The molecule has 2 amide bonds. The van der Waals surface area contributed by atoms with Crippen molar-refractivity contribution in [2.75, 3.05) is 11.1 Å². The van der Waals surface area contributed by atoms with Crippen molar-refractivity contribution in [3.63, 3.8) is 0 Å². The number of benzene rings is 2. The van der Waals surface area contributed by atoms with Crippen LogP contribution in [-0.4, -0.2) is 26.0 Å². The van der Waals surface area contributed by atoms with Gasteiger partial charge in [0.1, 0.15) is 0 Å². The first-order valence-corrected chi connectivity index (χ1v) is 9.92. The van der Waals surface area contributed by atoms with Crippen molar-refractivity contribution in [2.24, 2.45) is 0 Å². The molecule has 0 saturated carbocycles. The normalized spacial score (nSPS) is 11.0. The topological polar surface area (TPSA) is 92.3 Å². The molecule has 2 aromatic rings. The van der Waals surface area contributed by atoms with Gasteiger partial charge in [-0.25, -0.2) is 13.1 Å². The third-order valence-corrected chi connectivity index (χ3v) is 5.62. The van der Waals surface area contributed by atoms with Gasteiger partial charge in [0.05, 0.1) is 10.6 Å². The zero-order valence-electron chi connectivity index (χ0n) is 13.2. The maximum Gasteiger partial charge on any atom is 0.264 e. The fraction of sp³-hybridized carbons (Fsp3) is 0.125. The van der Waals surface area contributed by atoms with Crippen molar-refractivity contribution in [1.82, 2.24) is 4.72 Å². The number of carbonyl (C=O) groups is 2. The molecule has 0 aromatic heterocycles. The van der Waals surface area contributed by atoms with Crippen molar-refractivity contribution in [1.29, 1.82) is 0 Å². The Balaban J connectivity index is 1.93. The second kappa shape index (κ2) is 8.37. The van der Waals surface area contributed by atoms with Crippen LogP contribution in [0.3, 0.4) is 0 Å². The standard InChI is InChI=1S/C16H15ClN2O4S2/c1-11(20)19-25(22,23)15-8-4-13(5-9-15)18-16(21)10-24-14-6-2-12(17)3-7-14/h2-9H,10H2,1H3,(H,18,21)(H,19,20). The third kappa shape index (κ3) is 6.08. The Morgan fingerprint density at radius 3 is 2.20 bits per heavy atom. The van der Waals surface area contributed by atoms with Crippen LogP contribution in [0.1, 0.15) is 6.92 Å². The number of hydrogen-bond acceptors (Lipinski definition) is 5. The molecule has 0 aliphatic rings. The Morgan fingerprint density at radius 2 is 1.64 bits per heavy atom. The van der Waals surface area contributed by atoms with Gasteiger partial charge < -0.3 is 5.32 Å². The number of amides is 2. The summed E-state index contributed by atoms with van der Waals surface area (Å²) in [6, 6.07) is 12.7. The first-order chi connectivity index (χ1) is 11.8. The van der Waals surface area contributed by atoms with Gasteiger partial charge in [-0.2, -0.15) is 0 Å².